The highest BCUT2D eigenvalue weighted by Crippen LogP contribution is 2.15. The minimum atomic E-state index is -1.84. The van der Waals surface area contributed by atoms with Crippen LogP contribution in [0.1, 0.15) is 181 Å². The fourth-order valence-electron chi connectivity index (χ4n) is 5.68. The summed E-state index contributed by atoms with van der Waals surface area (Å²) in [6.07, 6.45) is 25.9. The van der Waals surface area contributed by atoms with Gasteiger partial charge in [0.15, 0.2) is 5.78 Å². The summed E-state index contributed by atoms with van der Waals surface area (Å²) in [7, 11) is 0. The van der Waals surface area contributed by atoms with Crippen LogP contribution in [0.2, 0.25) is 0 Å². The Balaban J connectivity index is 4.28. The molecule has 0 saturated heterocycles. The van der Waals surface area contributed by atoms with Crippen LogP contribution in [0, 0.1) is 0 Å². The minimum Gasteiger partial charge on any atom is -0.394 e. The number of hydrogen-bond donors (Lipinski definition) is 4. The van der Waals surface area contributed by atoms with Crippen LogP contribution in [0.15, 0.2) is 0 Å². The van der Waals surface area contributed by atoms with Gasteiger partial charge in [-0.25, -0.2) is 0 Å². The highest BCUT2D eigenvalue weighted by Gasteiger charge is 2.31. The molecule has 0 aliphatic heterocycles. The molecule has 0 aromatic heterocycles. The maximum atomic E-state index is 13.0. The Kier molecular flexibility index (Phi) is 30.2. The number of nitrogens with zero attached hydrogens (tertiary/aromatic N) is 1. The molecule has 0 aliphatic rings. The van der Waals surface area contributed by atoms with Crippen molar-refractivity contribution < 1.29 is 30.0 Å². The molecule has 0 fully saturated rings. The maximum Gasteiger partial charge on any atom is 0.222 e. The molecule has 43 heavy (non-hydrogen) atoms. The van der Waals surface area contributed by atoms with Crippen molar-refractivity contribution in [3.8, 4) is 0 Å². The van der Waals surface area contributed by atoms with Gasteiger partial charge in [0, 0.05) is 13.0 Å². The number of unbranched alkanes of at least 4 members (excludes halogenated alkanes) is 23. The van der Waals surface area contributed by atoms with E-state index in [0.29, 0.717) is 13.0 Å². The molecule has 0 aromatic carbocycles. The normalized spacial score (nSPS) is 13.6. The van der Waals surface area contributed by atoms with Crippen LogP contribution in [0.5, 0.6) is 0 Å². The zero-order valence-corrected chi connectivity index (χ0v) is 28.3. The van der Waals surface area contributed by atoms with Crippen LogP contribution in [-0.2, 0) is 9.59 Å². The second kappa shape index (κ2) is 31.0. The van der Waals surface area contributed by atoms with Crippen molar-refractivity contribution in [1.29, 1.82) is 0 Å². The van der Waals surface area contributed by atoms with E-state index < -0.39 is 30.7 Å². The Morgan fingerprint density at radius 1 is 0.535 bits per heavy atom. The quantitative estimate of drug-likeness (QED) is 0.0565. The first kappa shape index (κ1) is 42.0. The topological polar surface area (TPSA) is 118 Å². The largest absolute Gasteiger partial charge is 0.394 e. The Hall–Kier alpha value is -1.02. The van der Waals surface area contributed by atoms with Gasteiger partial charge in [-0.3, -0.25) is 9.59 Å². The summed E-state index contributed by atoms with van der Waals surface area (Å²) in [4.78, 5) is 27.1. The highest BCUT2D eigenvalue weighted by atomic mass is 16.4. The van der Waals surface area contributed by atoms with Gasteiger partial charge in [0.2, 0.25) is 5.91 Å². The van der Waals surface area contributed by atoms with Gasteiger partial charge in [-0.05, 0) is 12.8 Å². The number of aliphatic hydroxyl groups is 4. The summed E-state index contributed by atoms with van der Waals surface area (Å²) in [5.74, 6) is -0.807. The van der Waals surface area contributed by atoms with E-state index >= 15 is 0 Å². The third-order valence-electron chi connectivity index (χ3n) is 8.71. The van der Waals surface area contributed by atoms with Crippen molar-refractivity contribution in [1.82, 2.24) is 4.90 Å². The van der Waals surface area contributed by atoms with Crippen LogP contribution in [0.3, 0.4) is 0 Å². The average molecular weight is 614 g/mol. The van der Waals surface area contributed by atoms with Gasteiger partial charge in [-0.15, -0.1) is 0 Å². The van der Waals surface area contributed by atoms with Gasteiger partial charge in [0.25, 0.3) is 0 Å². The van der Waals surface area contributed by atoms with Crippen LogP contribution in [0.4, 0.5) is 0 Å². The van der Waals surface area contributed by atoms with Gasteiger partial charge < -0.3 is 25.3 Å². The first-order valence-electron chi connectivity index (χ1n) is 18.3. The lowest BCUT2D eigenvalue weighted by Gasteiger charge is -2.26. The van der Waals surface area contributed by atoms with Crippen LogP contribution in [0.25, 0.3) is 0 Å². The predicted molar refractivity (Wildman–Crippen MR) is 178 cm³/mol. The predicted octanol–water partition coefficient (Wildman–Crippen LogP) is 7.64. The zero-order chi connectivity index (χ0) is 32.0. The molecule has 3 atom stereocenters. The number of Topliss-reactive ketones (excluding diaryl/α,β-unsaturated/α-hetero) is 1. The van der Waals surface area contributed by atoms with E-state index in [4.69, 9.17) is 5.11 Å². The molecule has 7 heteroatoms. The molecule has 0 unspecified atom stereocenters. The number of ketones is 1. The lowest BCUT2D eigenvalue weighted by molar-refractivity contribution is -0.145. The number of carbonyl (C=O) groups excluding carboxylic acids is 2. The lowest BCUT2D eigenvalue weighted by Crippen LogP contribution is -2.48. The summed E-state index contributed by atoms with van der Waals surface area (Å²) in [5.41, 5.74) is 0. The Bertz CT molecular complexity index is 631. The SMILES string of the molecule is CCCCCCCCCCCCCCCCCCN(CC(=O)[C@@H](O)[C@@H](O)[C@H](O)CO)C(=O)CCCCCCCCCCC. The van der Waals surface area contributed by atoms with E-state index in [0.717, 1.165) is 38.5 Å². The Morgan fingerprint density at radius 3 is 1.26 bits per heavy atom. The van der Waals surface area contributed by atoms with Crippen molar-refractivity contribution in [2.45, 2.75) is 199 Å². The molecule has 0 saturated carbocycles. The van der Waals surface area contributed by atoms with E-state index in [1.54, 1.807) is 0 Å². The van der Waals surface area contributed by atoms with Gasteiger partial charge in [0.05, 0.1) is 13.2 Å². The van der Waals surface area contributed by atoms with Crippen molar-refractivity contribution in [3.05, 3.63) is 0 Å². The molecule has 0 spiro atoms. The standard InChI is InChI=1S/C36H71NO6/c1-3-5-7-9-11-13-14-15-16-17-18-19-21-23-25-27-29-37(30-32(39)35(42)36(43)33(40)31-38)34(41)28-26-24-22-20-12-10-8-6-4-2/h33,35-36,38,40,42-43H,3-31H2,1-2H3/t33-,35-,36+/m1/s1. The van der Waals surface area contributed by atoms with Crippen molar-refractivity contribution in [2.24, 2.45) is 0 Å². The maximum absolute atomic E-state index is 13.0. The molecule has 0 rings (SSSR count). The summed E-state index contributed by atoms with van der Waals surface area (Å²) < 4.78 is 0. The fourth-order valence-corrected chi connectivity index (χ4v) is 5.68. The third-order valence-corrected chi connectivity index (χ3v) is 8.71. The summed E-state index contributed by atoms with van der Waals surface area (Å²) >= 11 is 0. The summed E-state index contributed by atoms with van der Waals surface area (Å²) in [6.45, 7) is 3.89. The molecule has 7 nitrogen and oxygen atoms in total. The van der Waals surface area contributed by atoms with Gasteiger partial charge in [0.1, 0.15) is 18.3 Å². The van der Waals surface area contributed by atoms with Crippen LogP contribution >= 0.6 is 0 Å². The highest BCUT2D eigenvalue weighted by molar-refractivity contribution is 5.89. The second-order valence-electron chi connectivity index (χ2n) is 12.8. The van der Waals surface area contributed by atoms with Gasteiger partial charge in [-0.1, -0.05) is 162 Å². The number of rotatable bonds is 33. The number of aliphatic hydroxyl groups excluding tert-OH is 4. The van der Waals surface area contributed by atoms with E-state index in [1.807, 2.05) is 0 Å². The van der Waals surface area contributed by atoms with Crippen LogP contribution in [-0.4, -0.2) is 75.0 Å². The molecule has 0 aliphatic carbocycles. The van der Waals surface area contributed by atoms with E-state index in [1.165, 1.54) is 127 Å². The zero-order valence-electron chi connectivity index (χ0n) is 28.3. The first-order valence-corrected chi connectivity index (χ1v) is 18.3. The minimum absolute atomic E-state index is 0.0957. The van der Waals surface area contributed by atoms with Crippen molar-refractivity contribution >= 4 is 11.7 Å². The van der Waals surface area contributed by atoms with Crippen molar-refractivity contribution in [2.75, 3.05) is 19.7 Å². The van der Waals surface area contributed by atoms with E-state index in [9.17, 15) is 24.9 Å². The molecule has 4 N–H and O–H groups in total. The molecule has 0 aromatic rings. The molecule has 0 bridgehead atoms. The molecule has 256 valence electrons. The number of amides is 1. The lowest BCUT2D eigenvalue weighted by atomic mass is 10.0. The molecular formula is C36H71NO6. The Morgan fingerprint density at radius 2 is 0.884 bits per heavy atom. The van der Waals surface area contributed by atoms with E-state index in [-0.39, 0.29) is 12.5 Å². The Labute approximate surface area is 265 Å². The van der Waals surface area contributed by atoms with Crippen molar-refractivity contribution in [3.63, 3.8) is 0 Å². The van der Waals surface area contributed by atoms with Gasteiger partial charge >= 0.3 is 0 Å². The average Bonchev–Trinajstić information content (AvgIpc) is 3.01. The summed E-state index contributed by atoms with van der Waals surface area (Å²) in [6, 6.07) is 0. The summed E-state index contributed by atoms with van der Waals surface area (Å²) in [5, 5.41) is 38.7. The van der Waals surface area contributed by atoms with E-state index in [2.05, 4.69) is 13.8 Å². The molecular weight excluding hydrogens is 542 g/mol. The van der Waals surface area contributed by atoms with Gasteiger partial charge in [-0.2, -0.15) is 0 Å². The first-order chi connectivity index (χ1) is 20.9. The van der Waals surface area contributed by atoms with Crippen LogP contribution < -0.4 is 0 Å². The molecule has 0 radical (unpaired) electrons. The molecule has 1 amide bonds. The monoisotopic (exact) mass is 614 g/mol. The third kappa shape index (κ3) is 24.9. The number of carbonyl (C=O) groups is 2. The second-order valence-corrected chi connectivity index (χ2v) is 12.8. The molecule has 0 heterocycles. The smallest absolute Gasteiger partial charge is 0.222 e. The fraction of sp³-hybridized carbons (Fsp3) is 0.944. The number of hydrogen-bond acceptors (Lipinski definition) is 6.